The Hall–Kier alpha value is -1.51. The summed E-state index contributed by atoms with van der Waals surface area (Å²) < 4.78 is 4.78. The van der Waals surface area contributed by atoms with E-state index in [-0.39, 0.29) is 17.8 Å². The number of hydrogen-bond acceptors (Lipinski definition) is 2. The molecule has 0 aromatic heterocycles. The third-order valence-corrected chi connectivity index (χ3v) is 4.65. The minimum absolute atomic E-state index is 0.175. The van der Waals surface area contributed by atoms with Gasteiger partial charge in [-0.05, 0) is 53.6 Å². The summed E-state index contributed by atoms with van der Waals surface area (Å²) in [6.45, 7) is 2.16. The summed E-state index contributed by atoms with van der Waals surface area (Å²) in [4.78, 5) is 11.6. The number of ether oxygens (including phenoxy) is 1. The molecule has 2 nitrogen and oxygen atoms in total. The number of esters is 1. The summed E-state index contributed by atoms with van der Waals surface area (Å²) in [5.74, 6) is 0.213. The molecule has 0 aliphatic rings. The highest BCUT2D eigenvalue weighted by atomic mass is 35.5. The highest BCUT2D eigenvalue weighted by molar-refractivity contribution is 6.30. The fraction of sp³-hybridized carbons (Fsp3) is 0.316. The van der Waals surface area contributed by atoms with Gasteiger partial charge in [0.25, 0.3) is 0 Å². The van der Waals surface area contributed by atoms with Gasteiger partial charge in [0.15, 0.2) is 0 Å². The molecule has 0 amide bonds. The molecule has 0 saturated carbocycles. The molecule has 0 unspecified atom stereocenters. The minimum Gasteiger partial charge on any atom is -0.469 e. The number of hydrogen-bond donors (Lipinski definition) is 0. The molecular weight excluding hydrogens is 331 g/mol. The maximum atomic E-state index is 11.6. The molecule has 2 atom stereocenters. The lowest BCUT2D eigenvalue weighted by atomic mass is 9.80. The van der Waals surface area contributed by atoms with Gasteiger partial charge in [0.1, 0.15) is 0 Å². The number of halogens is 2. The van der Waals surface area contributed by atoms with Gasteiger partial charge in [-0.3, -0.25) is 4.79 Å². The Morgan fingerprint density at radius 1 is 1.04 bits per heavy atom. The highest BCUT2D eigenvalue weighted by Crippen LogP contribution is 2.37. The van der Waals surface area contributed by atoms with E-state index in [1.165, 1.54) is 12.7 Å². The second-order valence-corrected chi connectivity index (χ2v) is 6.49. The first-order valence-corrected chi connectivity index (χ1v) is 8.34. The lowest BCUT2D eigenvalue weighted by Crippen LogP contribution is -2.12. The second kappa shape index (κ2) is 8.37. The Balaban J connectivity index is 2.28. The summed E-state index contributed by atoms with van der Waals surface area (Å²) in [6.07, 6.45) is 1.09. The van der Waals surface area contributed by atoms with Crippen molar-refractivity contribution in [2.75, 3.05) is 7.11 Å². The van der Waals surface area contributed by atoms with E-state index >= 15 is 0 Å². The highest BCUT2D eigenvalue weighted by Gasteiger charge is 2.22. The number of rotatable bonds is 6. The molecule has 0 aliphatic heterocycles. The van der Waals surface area contributed by atoms with Crippen LogP contribution in [-0.4, -0.2) is 13.1 Å². The summed E-state index contributed by atoms with van der Waals surface area (Å²) in [7, 11) is 1.42. The molecule has 23 heavy (non-hydrogen) atoms. The number of benzene rings is 2. The Morgan fingerprint density at radius 2 is 1.74 bits per heavy atom. The van der Waals surface area contributed by atoms with Crippen LogP contribution < -0.4 is 0 Å². The Labute approximate surface area is 147 Å². The van der Waals surface area contributed by atoms with E-state index in [9.17, 15) is 4.79 Å². The molecule has 0 radical (unpaired) electrons. The van der Waals surface area contributed by atoms with Gasteiger partial charge < -0.3 is 4.74 Å². The van der Waals surface area contributed by atoms with Crippen LogP contribution in [0.15, 0.2) is 48.5 Å². The van der Waals surface area contributed by atoms with Gasteiger partial charge in [-0.15, -0.1) is 0 Å². The fourth-order valence-corrected chi connectivity index (χ4v) is 3.14. The lowest BCUT2D eigenvalue weighted by Gasteiger charge is -2.25. The van der Waals surface area contributed by atoms with Crippen molar-refractivity contribution in [1.82, 2.24) is 0 Å². The number of carbonyl (C=O) groups excluding carboxylic acids is 1. The van der Waals surface area contributed by atoms with Gasteiger partial charge in [0.2, 0.25) is 0 Å². The van der Waals surface area contributed by atoms with Gasteiger partial charge in [0.05, 0.1) is 7.11 Å². The predicted molar refractivity (Wildman–Crippen MR) is 95.3 cm³/mol. The molecular formula is C19H20Cl2O2. The van der Waals surface area contributed by atoms with E-state index in [1.807, 2.05) is 42.5 Å². The van der Waals surface area contributed by atoms with Gasteiger partial charge in [-0.25, -0.2) is 0 Å². The van der Waals surface area contributed by atoms with Crippen LogP contribution in [0.5, 0.6) is 0 Å². The van der Waals surface area contributed by atoms with Crippen molar-refractivity contribution in [2.24, 2.45) is 0 Å². The van der Waals surface area contributed by atoms with Crippen LogP contribution >= 0.6 is 23.2 Å². The van der Waals surface area contributed by atoms with Gasteiger partial charge in [0, 0.05) is 16.5 Å². The molecule has 0 spiro atoms. The predicted octanol–water partition coefficient (Wildman–Crippen LogP) is 5.83. The normalized spacial score (nSPS) is 13.4. The lowest BCUT2D eigenvalue weighted by molar-refractivity contribution is -0.140. The van der Waals surface area contributed by atoms with Crippen LogP contribution in [0.4, 0.5) is 0 Å². The quantitative estimate of drug-likeness (QED) is 0.612. The molecule has 0 fully saturated rings. The molecule has 0 saturated heterocycles. The Morgan fingerprint density at radius 3 is 2.35 bits per heavy atom. The maximum Gasteiger partial charge on any atom is 0.305 e. The van der Waals surface area contributed by atoms with Gasteiger partial charge in [-0.2, -0.15) is 0 Å². The Kier molecular flexibility index (Phi) is 6.49. The van der Waals surface area contributed by atoms with E-state index in [1.54, 1.807) is 0 Å². The van der Waals surface area contributed by atoms with Crippen molar-refractivity contribution in [2.45, 2.75) is 31.6 Å². The van der Waals surface area contributed by atoms with Crippen molar-refractivity contribution in [3.63, 3.8) is 0 Å². The van der Waals surface area contributed by atoms with E-state index in [2.05, 4.69) is 13.0 Å². The molecule has 2 aromatic rings. The minimum atomic E-state index is -0.194. The average Bonchev–Trinajstić information content (AvgIpc) is 2.55. The molecule has 4 heteroatoms. The fourth-order valence-electron chi connectivity index (χ4n) is 2.82. The van der Waals surface area contributed by atoms with Crippen LogP contribution in [0.3, 0.4) is 0 Å². The average molecular weight is 351 g/mol. The molecule has 0 aliphatic carbocycles. The zero-order valence-electron chi connectivity index (χ0n) is 13.3. The maximum absolute atomic E-state index is 11.6. The van der Waals surface area contributed by atoms with Gasteiger partial charge in [-0.1, -0.05) is 54.4 Å². The molecule has 0 bridgehead atoms. The van der Waals surface area contributed by atoms with Crippen molar-refractivity contribution in [3.05, 3.63) is 69.7 Å². The standard InChI is InChI=1S/C19H20Cl2O2/c1-13(14-6-8-16(20)9-7-14)18(10-11-19(22)23-2)15-4-3-5-17(21)12-15/h3-9,12-13,18H,10-11H2,1-2H3/t13-,18+/m1/s1. The smallest absolute Gasteiger partial charge is 0.305 e. The van der Waals surface area contributed by atoms with Crippen molar-refractivity contribution < 1.29 is 9.53 Å². The SMILES string of the molecule is COC(=O)CC[C@H](c1cccc(Cl)c1)[C@H](C)c1ccc(Cl)cc1. The molecule has 122 valence electrons. The summed E-state index contributed by atoms with van der Waals surface area (Å²) in [5, 5.41) is 1.42. The van der Waals surface area contributed by atoms with Crippen molar-refractivity contribution in [1.29, 1.82) is 0 Å². The van der Waals surface area contributed by atoms with Crippen LogP contribution in [0, 0.1) is 0 Å². The topological polar surface area (TPSA) is 26.3 Å². The van der Waals surface area contributed by atoms with Crippen molar-refractivity contribution in [3.8, 4) is 0 Å². The van der Waals surface area contributed by atoms with E-state index in [0.717, 1.165) is 10.6 Å². The summed E-state index contributed by atoms with van der Waals surface area (Å²) in [5.41, 5.74) is 2.31. The third kappa shape index (κ3) is 4.98. The van der Waals surface area contributed by atoms with Crippen LogP contribution in [-0.2, 0) is 9.53 Å². The van der Waals surface area contributed by atoms with Crippen LogP contribution in [0.25, 0.3) is 0 Å². The first kappa shape index (κ1) is 17.8. The largest absolute Gasteiger partial charge is 0.469 e. The zero-order valence-corrected chi connectivity index (χ0v) is 14.8. The Bertz CT molecular complexity index is 653. The second-order valence-electron chi connectivity index (χ2n) is 5.62. The summed E-state index contributed by atoms with van der Waals surface area (Å²) in [6, 6.07) is 15.7. The molecule has 0 N–H and O–H groups in total. The zero-order chi connectivity index (χ0) is 16.8. The van der Waals surface area contributed by atoms with Gasteiger partial charge >= 0.3 is 5.97 Å². The van der Waals surface area contributed by atoms with Crippen LogP contribution in [0.1, 0.15) is 42.7 Å². The van der Waals surface area contributed by atoms with E-state index in [0.29, 0.717) is 17.9 Å². The third-order valence-electron chi connectivity index (χ3n) is 4.16. The van der Waals surface area contributed by atoms with Crippen molar-refractivity contribution >= 4 is 29.2 Å². The number of carbonyl (C=O) groups is 1. The van der Waals surface area contributed by atoms with E-state index in [4.69, 9.17) is 27.9 Å². The van der Waals surface area contributed by atoms with Crippen LogP contribution in [0.2, 0.25) is 10.0 Å². The number of methoxy groups -OCH3 is 1. The molecule has 2 rings (SSSR count). The molecule has 2 aromatic carbocycles. The summed E-state index contributed by atoms with van der Waals surface area (Å²) >= 11 is 12.1. The first-order valence-electron chi connectivity index (χ1n) is 7.59. The first-order chi connectivity index (χ1) is 11.0. The molecule has 0 heterocycles. The van der Waals surface area contributed by atoms with E-state index < -0.39 is 0 Å². The monoisotopic (exact) mass is 350 g/mol.